The van der Waals surface area contributed by atoms with Gasteiger partial charge in [0, 0.05) is 0 Å². The average Bonchev–Trinajstić information content (AvgIpc) is 1.65. The Hall–Kier alpha value is 0.0500. The molecule has 0 spiro atoms. The van der Waals surface area contributed by atoms with Gasteiger partial charge >= 0.3 is 5.97 Å². The third-order valence-corrected chi connectivity index (χ3v) is 1.03. The molecule has 0 saturated heterocycles. The average molecular weight is 175 g/mol. The zero-order valence-electron chi connectivity index (χ0n) is 5.46. The van der Waals surface area contributed by atoms with Gasteiger partial charge in [-0.15, -0.1) is 24.8 Å². The minimum atomic E-state index is -0.706. The lowest BCUT2D eigenvalue weighted by Gasteiger charge is -1.96. The maximum atomic E-state index is 9.93. The van der Waals surface area contributed by atoms with Crippen molar-refractivity contribution in [3.63, 3.8) is 0 Å². The lowest BCUT2D eigenvalue weighted by molar-refractivity contribution is -0.141. The van der Waals surface area contributed by atoms with Crippen molar-refractivity contribution in [2.24, 2.45) is 5.92 Å². The van der Waals surface area contributed by atoms with E-state index in [9.17, 15) is 4.79 Å². The van der Waals surface area contributed by atoms with Gasteiger partial charge in [-0.2, -0.15) is 0 Å². The Morgan fingerprint density at radius 1 is 1.56 bits per heavy atom. The van der Waals surface area contributed by atoms with Crippen molar-refractivity contribution in [1.29, 1.82) is 0 Å². The molecule has 0 heterocycles. The van der Waals surface area contributed by atoms with Crippen molar-refractivity contribution in [2.75, 3.05) is 0 Å². The second kappa shape index (κ2) is 8.05. The van der Waals surface area contributed by atoms with E-state index >= 15 is 0 Å². The van der Waals surface area contributed by atoms with Gasteiger partial charge in [0.2, 0.25) is 0 Å². The van der Waals surface area contributed by atoms with Crippen LogP contribution in [0.5, 0.6) is 0 Å². The van der Waals surface area contributed by atoms with Crippen LogP contribution in [-0.4, -0.2) is 11.1 Å². The van der Waals surface area contributed by atoms with Crippen molar-refractivity contribution in [3.05, 3.63) is 0 Å². The summed E-state index contributed by atoms with van der Waals surface area (Å²) < 4.78 is 0. The summed E-state index contributed by atoms with van der Waals surface area (Å²) in [7, 11) is 0. The van der Waals surface area contributed by atoms with Gasteiger partial charge in [0.1, 0.15) is 0 Å². The molecule has 4 heteroatoms. The summed E-state index contributed by atoms with van der Waals surface area (Å²) in [5.74, 6) is -0.887. The summed E-state index contributed by atoms with van der Waals surface area (Å²) in [5.41, 5.74) is 0. The molecule has 1 atom stereocenters. The Balaban J connectivity index is -0.000000180. The van der Waals surface area contributed by atoms with E-state index in [2.05, 4.69) is 0 Å². The van der Waals surface area contributed by atoms with Crippen molar-refractivity contribution >= 4 is 30.8 Å². The molecule has 0 amide bonds. The molecule has 0 aromatic carbocycles. The van der Waals surface area contributed by atoms with Gasteiger partial charge in [-0.25, -0.2) is 0 Å². The maximum Gasteiger partial charge on any atom is 0.306 e. The molecule has 0 radical (unpaired) electrons. The van der Waals surface area contributed by atoms with Crippen LogP contribution in [0.1, 0.15) is 20.3 Å². The molecule has 58 valence electrons. The SMILES string of the molecule is CCC(C)C(=O)O.Cl.Cl. The molecule has 1 N–H and O–H groups in total. The summed E-state index contributed by atoms with van der Waals surface area (Å²) in [6.07, 6.45) is 0.718. The van der Waals surface area contributed by atoms with E-state index in [1.807, 2.05) is 6.92 Å². The number of carboxylic acids is 1. The molecule has 0 aliphatic carbocycles. The van der Waals surface area contributed by atoms with Crippen LogP contribution in [0.15, 0.2) is 0 Å². The van der Waals surface area contributed by atoms with Crippen LogP contribution in [-0.2, 0) is 4.79 Å². The predicted octanol–water partition coefficient (Wildman–Crippen LogP) is 1.96. The van der Waals surface area contributed by atoms with Crippen LogP contribution in [0.25, 0.3) is 0 Å². The molecule has 1 unspecified atom stereocenters. The summed E-state index contributed by atoms with van der Waals surface area (Å²) in [5, 5.41) is 8.18. The molecule has 0 aliphatic heterocycles. The zero-order valence-corrected chi connectivity index (χ0v) is 7.09. The minimum absolute atomic E-state index is 0. The number of carbonyl (C=O) groups is 1. The normalized spacial score (nSPS) is 10.4. The van der Waals surface area contributed by atoms with Gasteiger partial charge in [0.15, 0.2) is 0 Å². The highest BCUT2D eigenvalue weighted by atomic mass is 35.5. The first-order valence-corrected chi connectivity index (χ1v) is 2.41. The Morgan fingerprint density at radius 2 is 1.89 bits per heavy atom. The molecule has 2 nitrogen and oxygen atoms in total. The van der Waals surface area contributed by atoms with Crippen molar-refractivity contribution in [1.82, 2.24) is 0 Å². The summed E-state index contributed by atoms with van der Waals surface area (Å²) in [6.45, 7) is 3.56. The molecule has 0 fully saturated rings. The van der Waals surface area contributed by atoms with Gasteiger partial charge in [0.25, 0.3) is 0 Å². The summed E-state index contributed by atoms with van der Waals surface area (Å²) >= 11 is 0. The van der Waals surface area contributed by atoms with Gasteiger partial charge in [-0.05, 0) is 6.42 Å². The van der Waals surface area contributed by atoms with Gasteiger partial charge < -0.3 is 5.11 Å². The smallest absolute Gasteiger partial charge is 0.306 e. The van der Waals surface area contributed by atoms with Crippen molar-refractivity contribution in [2.45, 2.75) is 20.3 Å². The predicted molar refractivity (Wildman–Crippen MR) is 41.6 cm³/mol. The largest absolute Gasteiger partial charge is 0.481 e. The number of rotatable bonds is 2. The topological polar surface area (TPSA) is 37.3 Å². The Bertz CT molecular complexity index is 75.4. The second-order valence-electron chi connectivity index (χ2n) is 1.65. The van der Waals surface area contributed by atoms with Crippen LogP contribution in [0.4, 0.5) is 0 Å². The fourth-order valence-corrected chi connectivity index (χ4v) is 0.175. The van der Waals surface area contributed by atoms with Gasteiger partial charge in [-0.3, -0.25) is 4.79 Å². The van der Waals surface area contributed by atoms with E-state index in [1.54, 1.807) is 6.92 Å². The first-order valence-electron chi connectivity index (χ1n) is 2.41. The van der Waals surface area contributed by atoms with Crippen LogP contribution in [0.3, 0.4) is 0 Å². The highest BCUT2D eigenvalue weighted by Crippen LogP contribution is 1.97. The molecule has 0 aromatic heterocycles. The molecule has 9 heavy (non-hydrogen) atoms. The van der Waals surface area contributed by atoms with E-state index < -0.39 is 5.97 Å². The standard InChI is InChI=1S/C5H10O2.2ClH/c1-3-4(2)5(6)7;;/h4H,3H2,1-2H3,(H,6,7);2*1H. The van der Waals surface area contributed by atoms with Crippen molar-refractivity contribution in [3.8, 4) is 0 Å². The molecular formula is C5H12Cl2O2. The third kappa shape index (κ3) is 8.05. The van der Waals surface area contributed by atoms with E-state index in [0.29, 0.717) is 0 Å². The number of halogens is 2. The van der Waals surface area contributed by atoms with Crippen LogP contribution in [0.2, 0.25) is 0 Å². The molecule has 0 rings (SSSR count). The number of hydrogen-bond donors (Lipinski definition) is 1. The quantitative estimate of drug-likeness (QED) is 0.696. The molecule has 0 saturated carbocycles. The molecule has 0 aromatic rings. The molecule has 0 aliphatic rings. The first-order chi connectivity index (χ1) is 3.18. The van der Waals surface area contributed by atoms with Gasteiger partial charge in [0.05, 0.1) is 5.92 Å². The highest BCUT2D eigenvalue weighted by molar-refractivity contribution is 5.85. The zero-order chi connectivity index (χ0) is 5.86. The summed E-state index contributed by atoms with van der Waals surface area (Å²) in [6, 6.07) is 0. The van der Waals surface area contributed by atoms with E-state index in [1.165, 1.54) is 0 Å². The fraction of sp³-hybridized carbons (Fsp3) is 0.800. The van der Waals surface area contributed by atoms with Gasteiger partial charge in [-0.1, -0.05) is 13.8 Å². The van der Waals surface area contributed by atoms with E-state index in [-0.39, 0.29) is 30.7 Å². The summed E-state index contributed by atoms with van der Waals surface area (Å²) in [4.78, 5) is 9.93. The maximum absolute atomic E-state index is 9.93. The molecular weight excluding hydrogens is 163 g/mol. The minimum Gasteiger partial charge on any atom is -0.481 e. The fourth-order valence-electron chi connectivity index (χ4n) is 0.175. The lowest BCUT2D eigenvalue weighted by Crippen LogP contribution is -2.06. The van der Waals surface area contributed by atoms with Crippen molar-refractivity contribution < 1.29 is 9.90 Å². The number of hydrogen-bond acceptors (Lipinski definition) is 1. The Labute approximate surface area is 67.5 Å². The monoisotopic (exact) mass is 174 g/mol. The first kappa shape index (κ1) is 16.0. The Morgan fingerprint density at radius 3 is 1.89 bits per heavy atom. The Kier molecular flexibility index (Phi) is 14.3. The second-order valence-corrected chi connectivity index (χ2v) is 1.65. The van der Waals surface area contributed by atoms with Crippen LogP contribution in [0, 0.1) is 5.92 Å². The third-order valence-electron chi connectivity index (χ3n) is 1.03. The molecule has 0 bridgehead atoms. The number of aliphatic carboxylic acids is 1. The van der Waals surface area contributed by atoms with Crippen LogP contribution >= 0.6 is 24.8 Å². The lowest BCUT2D eigenvalue weighted by atomic mass is 10.1. The van der Waals surface area contributed by atoms with E-state index in [0.717, 1.165) is 6.42 Å². The highest BCUT2D eigenvalue weighted by Gasteiger charge is 2.05. The van der Waals surface area contributed by atoms with Crippen LogP contribution < -0.4 is 0 Å². The number of carboxylic acid groups (broad SMARTS) is 1. The van der Waals surface area contributed by atoms with E-state index in [4.69, 9.17) is 5.11 Å².